The molecule has 194 valence electrons. The lowest BCUT2D eigenvalue weighted by molar-refractivity contribution is -0.140. The van der Waals surface area contributed by atoms with Crippen molar-refractivity contribution in [1.82, 2.24) is 30.5 Å². The zero-order chi connectivity index (χ0) is 26.4. The first kappa shape index (κ1) is 26.2. The maximum atomic E-state index is 13.2. The Kier molecular flexibility index (Phi) is 8.08. The summed E-state index contributed by atoms with van der Waals surface area (Å²) in [5.74, 6) is 0.728. The third-order valence-corrected chi connectivity index (χ3v) is 5.80. The summed E-state index contributed by atoms with van der Waals surface area (Å²) in [5, 5.41) is 14.2. The van der Waals surface area contributed by atoms with Crippen molar-refractivity contribution in [3.05, 3.63) is 47.6 Å². The second-order valence-electron chi connectivity index (χ2n) is 7.51. The monoisotopic (exact) mass is 533 g/mol. The van der Waals surface area contributed by atoms with Crippen molar-refractivity contribution in [3.63, 3.8) is 0 Å². The molecular weight excluding hydrogens is 511 g/mol. The second kappa shape index (κ2) is 11.4. The van der Waals surface area contributed by atoms with E-state index < -0.39 is 17.9 Å². The minimum atomic E-state index is -4.59. The maximum absolute atomic E-state index is 13.2. The van der Waals surface area contributed by atoms with Crippen LogP contribution in [0.15, 0.2) is 40.4 Å². The van der Waals surface area contributed by atoms with Gasteiger partial charge in [-0.3, -0.25) is 10.3 Å². The summed E-state index contributed by atoms with van der Waals surface area (Å²) in [6.45, 7) is 5.03. The number of aromatic nitrogens is 5. The first-order valence-corrected chi connectivity index (χ1v) is 12.1. The molecule has 4 heterocycles. The van der Waals surface area contributed by atoms with Crippen molar-refractivity contribution in [2.24, 2.45) is 0 Å². The second-order valence-corrected chi connectivity index (χ2v) is 8.37. The highest BCUT2D eigenvalue weighted by atomic mass is 32.1. The molecule has 14 heteroatoms. The first-order chi connectivity index (χ1) is 17.8. The van der Waals surface area contributed by atoms with Crippen molar-refractivity contribution in [2.45, 2.75) is 26.4 Å². The zero-order valence-corrected chi connectivity index (χ0v) is 20.6. The molecule has 4 aromatic heterocycles. The number of thiazole rings is 1. The molecule has 0 spiro atoms. The highest BCUT2D eigenvalue weighted by molar-refractivity contribution is 7.13. The number of carbonyl (C=O) groups excluding carboxylic acids is 1. The minimum absolute atomic E-state index is 0.109. The van der Waals surface area contributed by atoms with E-state index in [1.165, 1.54) is 18.5 Å². The lowest BCUT2D eigenvalue weighted by Crippen LogP contribution is -2.28. The van der Waals surface area contributed by atoms with Crippen LogP contribution in [0.4, 0.5) is 23.8 Å². The van der Waals surface area contributed by atoms with E-state index in [0.717, 1.165) is 16.7 Å². The van der Waals surface area contributed by atoms with E-state index in [0.29, 0.717) is 54.5 Å². The van der Waals surface area contributed by atoms with Crippen molar-refractivity contribution in [1.29, 1.82) is 0 Å². The molecule has 0 aromatic carbocycles. The van der Waals surface area contributed by atoms with Gasteiger partial charge in [-0.1, -0.05) is 0 Å². The lowest BCUT2D eigenvalue weighted by Gasteiger charge is -2.11. The SMILES string of the molecule is CCNC(=O)Nc1cc(-c2nc(C(F)(F)F)cs2)c(-c2ccnc(-c3nnc(CCOCC)o3)c2)cn1. The lowest BCUT2D eigenvalue weighted by atomic mass is 10.0. The highest BCUT2D eigenvalue weighted by Crippen LogP contribution is 2.38. The molecule has 0 aliphatic carbocycles. The maximum Gasteiger partial charge on any atom is 0.434 e. The number of amides is 2. The largest absolute Gasteiger partial charge is 0.434 e. The van der Waals surface area contributed by atoms with Crippen molar-refractivity contribution < 1.29 is 27.1 Å². The van der Waals surface area contributed by atoms with Gasteiger partial charge in [0.15, 0.2) is 5.69 Å². The van der Waals surface area contributed by atoms with Gasteiger partial charge in [-0.15, -0.1) is 21.5 Å². The average molecular weight is 534 g/mol. The van der Waals surface area contributed by atoms with Gasteiger partial charge >= 0.3 is 12.2 Å². The molecular formula is C23H22F3N7O3S. The van der Waals surface area contributed by atoms with E-state index in [-0.39, 0.29) is 16.7 Å². The minimum Gasteiger partial charge on any atom is -0.419 e. The molecule has 37 heavy (non-hydrogen) atoms. The van der Waals surface area contributed by atoms with E-state index in [1.54, 1.807) is 19.1 Å². The average Bonchev–Trinajstić information content (AvgIpc) is 3.55. The van der Waals surface area contributed by atoms with Crippen molar-refractivity contribution in [2.75, 3.05) is 25.1 Å². The molecule has 4 rings (SSSR count). The fourth-order valence-electron chi connectivity index (χ4n) is 3.26. The Morgan fingerprint density at radius 2 is 2.00 bits per heavy atom. The normalized spacial score (nSPS) is 11.5. The van der Waals surface area contributed by atoms with Crippen LogP contribution in [-0.2, 0) is 17.3 Å². The Morgan fingerprint density at radius 1 is 1.16 bits per heavy atom. The van der Waals surface area contributed by atoms with Crippen LogP contribution in [0.2, 0.25) is 0 Å². The Hall–Kier alpha value is -3.91. The smallest absolute Gasteiger partial charge is 0.419 e. The number of alkyl halides is 3. The number of rotatable bonds is 9. The topological polar surface area (TPSA) is 128 Å². The summed E-state index contributed by atoms with van der Waals surface area (Å²) in [6.07, 6.45) is -1.18. The molecule has 0 saturated heterocycles. The molecule has 0 radical (unpaired) electrons. The number of nitrogens with zero attached hydrogens (tertiary/aromatic N) is 5. The molecule has 0 atom stereocenters. The fraction of sp³-hybridized carbons (Fsp3) is 0.304. The van der Waals surface area contributed by atoms with Crippen LogP contribution in [0.1, 0.15) is 25.4 Å². The van der Waals surface area contributed by atoms with Gasteiger partial charge in [-0.2, -0.15) is 13.2 Å². The molecule has 0 aliphatic rings. The Bertz CT molecular complexity index is 1370. The third-order valence-electron chi connectivity index (χ3n) is 4.93. The zero-order valence-electron chi connectivity index (χ0n) is 19.8. The molecule has 2 amide bonds. The van der Waals surface area contributed by atoms with Crippen LogP contribution in [0, 0.1) is 0 Å². The van der Waals surface area contributed by atoms with Crippen LogP contribution < -0.4 is 10.6 Å². The van der Waals surface area contributed by atoms with E-state index in [1.807, 2.05) is 6.92 Å². The number of ether oxygens (including phenoxy) is 1. The number of hydrogen-bond acceptors (Lipinski definition) is 9. The molecule has 0 unspecified atom stereocenters. The fourth-order valence-corrected chi connectivity index (χ4v) is 4.11. The first-order valence-electron chi connectivity index (χ1n) is 11.2. The predicted octanol–water partition coefficient (Wildman–Crippen LogP) is 5.06. The number of pyridine rings is 2. The molecule has 0 aliphatic heterocycles. The molecule has 0 bridgehead atoms. The Morgan fingerprint density at radius 3 is 2.73 bits per heavy atom. The summed E-state index contributed by atoms with van der Waals surface area (Å²) < 4.78 is 50.7. The standard InChI is InChI=1S/C23H22F3N7O3S/c1-3-27-22(34)31-18-10-14(21-30-17(12-37-21)23(24,25)26)15(11-29-18)13-5-7-28-16(9-13)20-33-32-19(36-20)6-8-35-4-2/h5,7,9-12H,3-4,6,8H2,1-2H3,(H2,27,29,31,34). The van der Waals surface area contributed by atoms with E-state index in [9.17, 15) is 18.0 Å². The van der Waals surface area contributed by atoms with Gasteiger partial charge in [0, 0.05) is 48.5 Å². The van der Waals surface area contributed by atoms with Gasteiger partial charge in [0.1, 0.15) is 16.5 Å². The third kappa shape index (κ3) is 6.46. The van der Waals surface area contributed by atoms with Crippen LogP contribution in [0.5, 0.6) is 0 Å². The molecule has 10 nitrogen and oxygen atoms in total. The van der Waals surface area contributed by atoms with Crippen molar-refractivity contribution >= 4 is 23.2 Å². The number of urea groups is 1. The Labute approximate surface area is 213 Å². The van der Waals surface area contributed by atoms with Crippen molar-refractivity contribution in [3.8, 4) is 33.3 Å². The highest BCUT2D eigenvalue weighted by Gasteiger charge is 2.34. The van der Waals surface area contributed by atoms with E-state index in [4.69, 9.17) is 9.15 Å². The summed E-state index contributed by atoms with van der Waals surface area (Å²) in [5.41, 5.74) is 0.772. The quantitative estimate of drug-likeness (QED) is 0.286. The summed E-state index contributed by atoms with van der Waals surface area (Å²) in [4.78, 5) is 24.3. The van der Waals surface area contributed by atoms with Gasteiger partial charge in [-0.25, -0.2) is 14.8 Å². The summed E-state index contributed by atoms with van der Waals surface area (Å²) in [7, 11) is 0. The predicted molar refractivity (Wildman–Crippen MR) is 130 cm³/mol. The number of anilines is 1. The van der Waals surface area contributed by atoms with Crippen LogP contribution in [-0.4, -0.2) is 50.9 Å². The van der Waals surface area contributed by atoms with E-state index in [2.05, 4.69) is 35.8 Å². The number of hydrogen-bond donors (Lipinski definition) is 2. The molecule has 4 aromatic rings. The summed E-state index contributed by atoms with van der Waals surface area (Å²) in [6, 6.07) is 4.31. The van der Waals surface area contributed by atoms with Crippen LogP contribution in [0.25, 0.3) is 33.3 Å². The molecule has 0 fully saturated rings. The van der Waals surface area contributed by atoms with Crippen LogP contribution in [0.3, 0.4) is 0 Å². The number of nitrogens with one attached hydrogen (secondary N) is 2. The molecule has 2 N–H and O–H groups in total. The van der Waals surface area contributed by atoms with Gasteiger partial charge in [-0.05, 0) is 37.6 Å². The number of halogens is 3. The molecule has 0 saturated carbocycles. The van der Waals surface area contributed by atoms with E-state index >= 15 is 0 Å². The van der Waals surface area contributed by atoms with Gasteiger partial charge in [0.25, 0.3) is 5.89 Å². The number of carbonyl (C=O) groups is 1. The van der Waals surface area contributed by atoms with Gasteiger partial charge in [0.2, 0.25) is 5.89 Å². The van der Waals surface area contributed by atoms with Crippen LogP contribution >= 0.6 is 11.3 Å². The van der Waals surface area contributed by atoms with Gasteiger partial charge < -0.3 is 14.5 Å². The summed E-state index contributed by atoms with van der Waals surface area (Å²) >= 11 is 0.834. The Balaban J connectivity index is 1.72. The van der Waals surface area contributed by atoms with Gasteiger partial charge in [0.05, 0.1) is 6.61 Å².